The zero-order chi connectivity index (χ0) is 10.5. The summed E-state index contributed by atoms with van der Waals surface area (Å²) in [5.41, 5.74) is 0.0492. The van der Waals surface area contributed by atoms with Crippen molar-refractivity contribution in [1.29, 1.82) is 0 Å². The topological polar surface area (TPSA) is 38.3 Å². The number of carbonyl (C=O) groups is 1. The van der Waals surface area contributed by atoms with Crippen molar-refractivity contribution < 1.29 is 9.53 Å². The van der Waals surface area contributed by atoms with E-state index in [0.717, 1.165) is 0 Å². The quantitative estimate of drug-likeness (QED) is 0.722. The molecule has 0 aromatic heterocycles. The van der Waals surface area contributed by atoms with Gasteiger partial charge in [0.15, 0.2) is 0 Å². The molecule has 0 bridgehead atoms. The maximum atomic E-state index is 10.7. The van der Waals surface area contributed by atoms with Crippen molar-refractivity contribution >= 4 is 17.7 Å². The Morgan fingerprint density at radius 2 is 2.08 bits per heavy atom. The molecular formula is C9H18ClNO2. The molecule has 3 nitrogen and oxygen atoms in total. The van der Waals surface area contributed by atoms with E-state index in [1.54, 1.807) is 0 Å². The molecule has 4 heteroatoms. The van der Waals surface area contributed by atoms with E-state index in [1.165, 1.54) is 7.05 Å². The molecule has 1 amide bonds. The Labute approximate surface area is 84.8 Å². The van der Waals surface area contributed by atoms with E-state index < -0.39 is 6.09 Å². The minimum absolute atomic E-state index is 0.0251. The second-order valence-electron chi connectivity index (χ2n) is 4.01. The van der Waals surface area contributed by atoms with Gasteiger partial charge >= 0.3 is 6.09 Å². The van der Waals surface area contributed by atoms with Crippen LogP contribution in [0.25, 0.3) is 0 Å². The Kier molecular flexibility index (Phi) is 5.14. The van der Waals surface area contributed by atoms with Crippen molar-refractivity contribution in [3.05, 3.63) is 0 Å². The summed E-state index contributed by atoms with van der Waals surface area (Å²) in [5, 5.41) is 2.40. The van der Waals surface area contributed by atoms with Gasteiger partial charge in [-0.3, -0.25) is 0 Å². The fourth-order valence-corrected chi connectivity index (χ4v) is 0.849. The summed E-state index contributed by atoms with van der Waals surface area (Å²) in [5.74, 6) is 0. The number of nitrogens with one attached hydrogen (secondary N) is 1. The number of ether oxygens (including phenoxy) is 1. The molecule has 0 saturated carbocycles. The van der Waals surface area contributed by atoms with Gasteiger partial charge in [-0.05, 0) is 11.8 Å². The molecule has 0 rings (SSSR count). The third kappa shape index (κ3) is 5.75. The molecule has 0 aromatic rings. The van der Waals surface area contributed by atoms with Crippen LogP contribution in [0.15, 0.2) is 0 Å². The SMILES string of the molecule is CNC(=O)OCCC(Cl)C(C)(C)C. The van der Waals surface area contributed by atoms with Gasteiger partial charge in [0.1, 0.15) is 0 Å². The number of alkyl halides is 1. The number of hydrogen-bond donors (Lipinski definition) is 1. The third-order valence-corrected chi connectivity index (χ3v) is 2.62. The number of hydrogen-bond acceptors (Lipinski definition) is 2. The van der Waals surface area contributed by atoms with Gasteiger partial charge in [0.25, 0.3) is 0 Å². The first-order chi connectivity index (χ1) is 5.88. The van der Waals surface area contributed by atoms with Gasteiger partial charge < -0.3 is 10.1 Å². The molecule has 1 N–H and O–H groups in total. The highest BCUT2D eigenvalue weighted by molar-refractivity contribution is 6.21. The Hall–Kier alpha value is -0.440. The molecule has 78 valence electrons. The monoisotopic (exact) mass is 207 g/mol. The van der Waals surface area contributed by atoms with Crippen LogP contribution in [0.3, 0.4) is 0 Å². The van der Waals surface area contributed by atoms with Crippen molar-refractivity contribution in [2.24, 2.45) is 5.41 Å². The molecular weight excluding hydrogens is 190 g/mol. The van der Waals surface area contributed by atoms with E-state index in [-0.39, 0.29) is 10.8 Å². The summed E-state index contributed by atoms with van der Waals surface area (Å²) in [6.45, 7) is 6.55. The lowest BCUT2D eigenvalue weighted by Crippen LogP contribution is -2.25. The van der Waals surface area contributed by atoms with Gasteiger partial charge in [-0.2, -0.15) is 0 Å². The molecule has 0 aromatic carbocycles. The number of alkyl carbamates (subject to hydrolysis) is 1. The van der Waals surface area contributed by atoms with Gasteiger partial charge in [-0.25, -0.2) is 4.79 Å². The average Bonchev–Trinajstić information content (AvgIpc) is 2.02. The maximum Gasteiger partial charge on any atom is 0.406 e. The summed E-state index contributed by atoms with van der Waals surface area (Å²) in [6, 6.07) is 0. The lowest BCUT2D eigenvalue weighted by Gasteiger charge is -2.24. The summed E-state index contributed by atoms with van der Waals surface area (Å²) in [4.78, 5) is 10.7. The van der Waals surface area contributed by atoms with Crippen molar-refractivity contribution in [2.75, 3.05) is 13.7 Å². The van der Waals surface area contributed by atoms with Crippen LogP contribution in [0.1, 0.15) is 27.2 Å². The van der Waals surface area contributed by atoms with Gasteiger partial charge in [-0.15, -0.1) is 11.6 Å². The Balaban J connectivity index is 3.60. The highest BCUT2D eigenvalue weighted by Gasteiger charge is 2.22. The van der Waals surface area contributed by atoms with E-state index >= 15 is 0 Å². The predicted molar refractivity (Wildman–Crippen MR) is 54.1 cm³/mol. The molecule has 0 saturated heterocycles. The summed E-state index contributed by atoms with van der Waals surface area (Å²) in [6.07, 6.45) is 0.274. The fourth-order valence-electron chi connectivity index (χ4n) is 0.760. The molecule has 0 radical (unpaired) electrons. The van der Waals surface area contributed by atoms with Gasteiger partial charge in [-0.1, -0.05) is 20.8 Å². The molecule has 0 spiro atoms. The number of halogens is 1. The highest BCUT2D eigenvalue weighted by Crippen LogP contribution is 2.26. The Bertz CT molecular complexity index is 165. The molecule has 0 heterocycles. The largest absolute Gasteiger partial charge is 0.450 e. The second-order valence-corrected chi connectivity index (χ2v) is 4.53. The number of carbonyl (C=O) groups excluding carboxylic acids is 1. The van der Waals surface area contributed by atoms with Crippen molar-refractivity contribution in [1.82, 2.24) is 5.32 Å². The zero-order valence-electron chi connectivity index (χ0n) is 8.69. The molecule has 1 atom stereocenters. The minimum atomic E-state index is -0.405. The molecule has 0 aliphatic carbocycles. The Morgan fingerprint density at radius 3 is 2.46 bits per heavy atom. The normalized spacial score (nSPS) is 13.6. The van der Waals surface area contributed by atoms with Crippen LogP contribution >= 0.6 is 11.6 Å². The van der Waals surface area contributed by atoms with Crippen LogP contribution in [0.4, 0.5) is 4.79 Å². The van der Waals surface area contributed by atoms with Gasteiger partial charge in [0.05, 0.1) is 6.61 Å². The standard InChI is InChI=1S/C9H18ClNO2/c1-9(2,3)7(10)5-6-13-8(12)11-4/h7H,5-6H2,1-4H3,(H,11,12). The average molecular weight is 208 g/mol. The van der Waals surface area contributed by atoms with Crippen LogP contribution in [-0.4, -0.2) is 25.1 Å². The Morgan fingerprint density at radius 1 is 1.54 bits per heavy atom. The molecule has 1 unspecified atom stereocenters. The van der Waals surface area contributed by atoms with Gasteiger partial charge in [0, 0.05) is 12.4 Å². The number of amides is 1. The summed E-state index contributed by atoms with van der Waals surface area (Å²) < 4.78 is 4.82. The zero-order valence-corrected chi connectivity index (χ0v) is 9.44. The third-order valence-electron chi connectivity index (χ3n) is 1.75. The predicted octanol–water partition coefficient (Wildman–Crippen LogP) is 2.39. The van der Waals surface area contributed by atoms with Crippen molar-refractivity contribution in [3.8, 4) is 0 Å². The van der Waals surface area contributed by atoms with Crippen LogP contribution in [0.5, 0.6) is 0 Å². The van der Waals surface area contributed by atoms with Crippen molar-refractivity contribution in [3.63, 3.8) is 0 Å². The first-order valence-corrected chi connectivity index (χ1v) is 4.80. The second kappa shape index (κ2) is 5.32. The maximum absolute atomic E-state index is 10.7. The first kappa shape index (κ1) is 12.6. The fraction of sp³-hybridized carbons (Fsp3) is 0.889. The van der Waals surface area contributed by atoms with Crippen LogP contribution < -0.4 is 5.32 Å². The van der Waals surface area contributed by atoms with Gasteiger partial charge in [0.2, 0.25) is 0 Å². The molecule has 0 fully saturated rings. The molecule has 13 heavy (non-hydrogen) atoms. The lowest BCUT2D eigenvalue weighted by atomic mass is 9.90. The van der Waals surface area contributed by atoms with Crippen molar-refractivity contribution in [2.45, 2.75) is 32.6 Å². The summed E-state index contributed by atoms with van der Waals surface area (Å²) in [7, 11) is 1.53. The summed E-state index contributed by atoms with van der Waals surface area (Å²) >= 11 is 6.07. The van der Waals surface area contributed by atoms with Crippen LogP contribution in [-0.2, 0) is 4.74 Å². The van der Waals surface area contributed by atoms with Crippen LogP contribution in [0.2, 0.25) is 0 Å². The van der Waals surface area contributed by atoms with E-state index in [0.29, 0.717) is 13.0 Å². The molecule has 0 aliphatic heterocycles. The van der Waals surface area contributed by atoms with E-state index in [9.17, 15) is 4.79 Å². The first-order valence-electron chi connectivity index (χ1n) is 4.36. The lowest BCUT2D eigenvalue weighted by molar-refractivity contribution is 0.142. The van der Waals surface area contributed by atoms with E-state index in [4.69, 9.17) is 16.3 Å². The van der Waals surface area contributed by atoms with E-state index in [1.807, 2.05) is 0 Å². The van der Waals surface area contributed by atoms with E-state index in [2.05, 4.69) is 26.1 Å². The van der Waals surface area contributed by atoms with Crippen LogP contribution in [0, 0.1) is 5.41 Å². The molecule has 0 aliphatic rings. The smallest absolute Gasteiger partial charge is 0.406 e. The minimum Gasteiger partial charge on any atom is -0.450 e. The highest BCUT2D eigenvalue weighted by atomic mass is 35.5. The number of rotatable bonds is 3.